The number of benzene rings is 1. The third-order valence-corrected chi connectivity index (χ3v) is 7.55. The molecule has 5 nitrogen and oxygen atoms in total. The molecule has 0 aliphatic heterocycles. The minimum atomic E-state index is -0.0785. The molecule has 5 heteroatoms. The molecule has 4 bridgehead atoms. The molecule has 160 valence electrons. The van der Waals surface area contributed by atoms with Crippen LogP contribution in [0.3, 0.4) is 0 Å². The molecule has 0 spiro atoms. The molecule has 1 aromatic carbocycles. The van der Waals surface area contributed by atoms with Crippen molar-refractivity contribution in [2.45, 2.75) is 70.3 Å². The van der Waals surface area contributed by atoms with E-state index in [0.717, 1.165) is 35.0 Å². The molecule has 4 fully saturated rings. The minimum Gasteiger partial charge on any atom is -0.334 e. The summed E-state index contributed by atoms with van der Waals surface area (Å²) in [4.78, 5) is 13.0. The number of hydrogen-bond donors (Lipinski definition) is 2. The number of rotatable bonds is 5. The summed E-state index contributed by atoms with van der Waals surface area (Å²) < 4.78 is 1.86. The van der Waals surface area contributed by atoms with Crippen molar-refractivity contribution in [3.05, 3.63) is 42.1 Å². The van der Waals surface area contributed by atoms with E-state index < -0.39 is 0 Å². The lowest BCUT2D eigenvalue weighted by Gasteiger charge is -2.54. The summed E-state index contributed by atoms with van der Waals surface area (Å²) >= 11 is 0. The van der Waals surface area contributed by atoms with E-state index in [1.807, 2.05) is 41.1 Å². The van der Waals surface area contributed by atoms with Crippen molar-refractivity contribution in [2.24, 2.45) is 17.8 Å². The Morgan fingerprint density at radius 2 is 1.70 bits per heavy atom. The highest BCUT2D eigenvalue weighted by Crippen LogP contribution is 2.54. The van der Waals surface area contributed by atoms with Gasteiger partial charge in [0, 0.05) is 30.7 Å². The number of carbonyl (C=O) groups is 1. The number of nitrogens with two attached hydrogens (primary N) is 1. The third-order valence-electron chi connectivity index (χ3n) is 7.55. The Hall–Kier alpha value is -2.14. The van der Waals surface area contributed by atoms with Gasteiger partial charge in [-0.15, -0.1) is 0 Å². The van der Waals surface area contributed by atoms with Crippen molar-refractivity contribution >= 4 is 11.7 Å². The van der Waals surface area contributed by atoms with Gasteiger partial charge in [0.25, 0.3) is 5.91 Å². The van der Waals surface area contributed by atoms with Crippen LogP contribution in [-0.4, -0.2) is 27.8 Å². The molecule has 1 heterocycles. The van der Waals surface area contributed by atoms with Gasteiger partial charge in [-0.1, -0.05) is 39.0 Å². The summed E-state index contributed by atoms with van der Waals surface area (Å²) in [6.07, 6.45) is 8.23. The van der Waals surface area contributed by atoms with Crippen LogP contribution in [0, 0.1) is 17.8 Å². The maximum Gasteiger partial charge on any atom is 0.280 e. The fourth-order valence-electron chi connectivity index (χ4n) is 6.53. The van der Waals surface area contributed by atoms with Gasteiger partial charge in [0.15, 0.2) is 6.54 Å². The molecule has 0 atom stereocenters. The molecule has 30 heavy (non-hydrogen) atoms. The van der Waals surface area contributed by atoms with Crippen LogP contribution in [0.25, 0.3) is 5.69 Å². The maximum absolute atomic E-state index is 13.0. The Morgan fingerprint density at radius 1 is 1.10 bits per heavy atom. The molecular formula is C25H35N4O+. The second-order valence-electron chi connectivity index (χ2n) is 11.1. The Labute approximate surface area is 179 Å². The van der Waals surface area contributed by atoms with Crippen molar-refractivity contribution in [1.29, 1.82) is 0 Å². The molecule has 1 amide bonds. The normalized spacial score (nSPS) is 29.9. The number of aromatic nitrogens is 2. The van der Waals surface area contributed by atoms with Crippen LogP contribution in [0.15, 0.2) is 36.4 Å². The van der Waals surface area contributed by atoms with E-state index in [4.69, 9.17) is 5.10 Å². The summed E-state index contributed by atoms with van der Waals surface area (Å²) in [5.74, 6) is 3.55. The van der Waals surface area contributed by atoms with E-state index in [1.54, 1.807) is 0 Å². The van der Waals surface area contributed by atoms with Crippen LogP contribution in [0.5, 0.6) is 0 Å². The fourth-order valence-corrected chi connectivity index (χ4v) is 6.53. The van der Waals surface area contributed by atoms with Crippen molar-refractivity contribution in [2.75, 3.05) is 11.9 Å². The summed E-state index contributed by atoms with van der Waals surface area (Å²) in [6.45, 7) is 6.95. The number of carbonyl (C=O) groups excluding carboxylic acids is 1. The van der Waals surface area contributed by atoms with Gasteiger partial charge in [0.2, 0.25) is 0 Å². The number of amides is 1. The molecule has 6 rings (SSSR count). The lowest BCUT2D eigenvalue weighted by atomic mass is 9.53. The molecular weight excluding hydrogens is 372 g/mol. The van der Waals surface area contributed by atoms with Crippen molar-refractivity contribution < 1.29 is 10.1 Å². The fraction of sp³-hybridized carbons (Fsp3) is 0.600. The number of anilines is 1. The zero-order chi connectivity index (χ0) is 20.9. The summed E-state index contributed by atoms with van der Waals surface area (Å²) in [7, 11) is 0. The van der Waals surface area contributed by atoms with Gasteiger partial charge in [0.1, 0.15) is 5.82 Å². The molecule has 4 aliphatic rings. The Kier molecular flexibility index (Phi) is 4.77. The van der Waals surface area contributed by atoms with E-state index in [1.165, 1.54) is 38.5 Å². The first kappa shape index (κ1) is 19.8. The number of para-hydroxylation sites is 1. The quantitative estimate of drug-likeness (QED) is 0.795. The Morgan fingerprint density at radius 3 is 2.27 bits per heavy atom. The Bertz CT molecular complexity index is 889. The van der Waals surface area contributed by atoms with E-state index in [0.29, 0.717) is 12.1 Å². The lowest BCUT2D eigenvalue weighted by molar-refractivity contribution is -0.729. The van der Waals surface area contributed by atoms with Crippen LogP contribution in [-0.2, 0) is 10.2 Å². The topological polar surface area (TPSA) is 63.5 Å². The molecule has 4 saturated carbocycles. The van der Waals surface area contributed by atoms with Gasteiger partial charge >= 0.3 is 0 Å². The molecule has 0 unspecified atom stereocenters. The number of nitrogens with one attached hydrogen (secondary N) is 1. The van der Waals surface area contributed by atoms with E-state index in [-0.39, 0.29) is 11.3 Å². The van der Waals surface area contributed by atoms with E-state index in [2.05, 4.69) is 31.4 Å². The number of quaternary nitrogens is 1. The predicted molar refractivity (Wildman–Crippen MR) is 119 cm³/mol. The number of hydrogen-bond acceptors (Lipinski definition) is 2. The van der Waals surface area contributed by atoms with Gasteiger partial charge in [-0.25, -0.2) is 4.68 Å². The smallest absolute Gasteiger partial charge is 0.280 e. The monoisotopic (exact) mass is 407 g/mol. The van der Waals surface area contributed by atoms with Crippen LogP contribution in [0.4, 0.5) is 5.82 Å². The Balaban J connectivity index is 1.31. The molecule has 0 radical (unpaired) electrons. The average Bonchev–Trinajstić information content (AvgIpc) is 3.10. The average molecular weight is 408 g/mol. The summed E-state index contributed by atoms with van der Waals surface area (Å²) in [5.41, 5.74) is 2.19. The standard InChI is InChI=1S/C25H34N4O/c1-24(2,3)21-12-22(29(28-21)20-7-5-4-6-8-20)27-23(30)16-26-25-13-17-9-18(14-25)11-19(10-17)15-25/h4-8,12,17-19,26H,9-11,13-16H2,1-3H3,(H,27,30)/p+1. The predicted octanol–water partition coefficient (Wildman–Crippen LogP) is 3.64. The van der Waals surface area contributed by atoms with Crippen molar-refractivity contribution in [1.82, 2.24) is 9.78 Å². The first-order valence-corrected chi connectivity index (χ1v) is 11.6. The van der Waals surface area contributed by atoms with E-state index >= 15 is 0 Å². The highest BCUT2D eigenvalue weighted by atomic mass is 16.2. The highest BCUT2D eigenvalue weighted by Gasteiger charge is 2.53. The zero-order valence-corrected chi connectivity index (χ0v) is 18.5. The summed E-state index contributed by atoms with van der Waals surface area (Å²) in [5, 5.41) is 10.4. The van der Waals surface area contributed by atoms with Crippen LogP contribution < -0.4 is 10.6 Å². The van der Waals surface area contributed by atoms with Gasteiger partial charge in [-0.3, -0.25) is 4.79 Å². The third kappa shape index (κ3) is 3.80. The van der Waals surface area contributed by atoms with Crippen LogP contribution in [0.2, 0.25) is 0 Å². The maximum atomic E-state index is 13.0. The molecule has 0 saturated heterocycles. The molecule has 1 aromatic heterocycles. The van der Waals surface area contributed by atoms with Gasteiger partial charge in [0.05, 0.1) is 16.9 Å². The van der Waals surface area contributed by atoms with Crippen LogP contribution in [0.1, 0.15) is 65.0 Å². The SMILES string of the molecule is CC(C)(C)c1cc(NC(=O)C[NH2+]C23CC4CC(CC(C4)C2)C3)n(-c2ccccc2)n1. The van der Waals surface area contributed by atoms with Crippen molar-refractivity contribution in [3.63, 3.8) is 0 Å². The molecule has 4 aliphatic carbocycles. The lowest BCUT2D eigenvalue weighted by Crippen LogP contribution is -3.00. The molecule has 2 aromatic rings. The highest BCUT2D eigenvalue weighted by molar-refractivity contribution is 5.91. The first-order valence-electron chi connectivity index (χ1n) is 11.6. The largest absolute Gasteiger partial charge is 0.334 e. The summed E-state index contributed by atoms with van der Waals surface area (Å²) in [6, 6.07) is 12.1. The minimum absolute atomic E-state index is 0.0725. The van der Waals surface area contributed by atoms with Crippen molar-refractivity contribution in [3.8, 4) is 5.69 Å². The first-order chi connectivity index (χ1) is 14.3. The van der Waals surface area contributed by atoms with Gasteiger partial charge in [-0.2, -0.15) is 5.10 Å². The number of nitrogens with zero attached hydrogens (tertiary/aromatic N) is 2. The molecule has 3 N–H and O–H groups in total. The second-order valence-corrected chi connectivity index (χ2v) is 11.1. The van der Waals surface area contributed by atoms with Gasteiger partial charge in [-0.05, 0) is 49.1 Å². The van der Waals surface area contributed by atoms with Gasteiger partial charge < -0.3 is 10.6 Å². The zero-order valence-electron chi connectivity index (χ0n) is 18.5. The van der Waals surface area contributed by atoms with Crippen LogP contribution >= 0.6 is 0 Å². The van der Waals surface area contributed by atoms with E-state index in [9.17, 15) is 4.79 Å². The second kappa shape index (κ2) is 7.23.